The molecule has 1 aliphatic heterocycles. The summed E-state index contributed by atoms with van der Waals surface area (Å²) in [5.74, 6) is 0. The Labute approximate surface area is 150 Å². The van der Waals surface area contributed by atoms with Crippen LogP contribution in [0.15, 0.2) is 60.9 Å². The van der Waals surface area contributed by atoms with Gasteiger partial charge in [0.25, 0.3) is 0 Å². The highest BCUT2D eigenvalue weighted by atomic mass is 35.5. The number of aryl methyl sites for hydroxylation is 1. The molecule has 0 spiro atoms. The van der Waals surface area contributed by atoms with E-state index in [1.165, 1.54) is 22.1 Å². The van der Waals surface area contributed by atoms with E-state index in [1.54, 1.807) is 0 Å². The van der Waals surface area contributed by atoms with Crippen molar-refractivity contribution in [3.8, 4) is 11.1 Å². The van der Waals surface area contributed by atoms with E-state index in [9.17, 15) is 0 Å². The molecule has 2 aromatic heterocycles. The summed E-state index contributed by atoms with van der Waals surface area (Å²) >= 11 is 6.40. The third-order valence-corrected chi connectivity index (χ3v) is 5.37. The van der Waals surface area contributed by atoms with Gasteiger partial charge in [-0.25, -0.2) is 4.98 Å². The Morgan fingerprint density at radius 3 is 2.80 bits per heavy atom. The lowest BCUT2D eigenvalue weighted by Crippen LogP contribution is -2.11. The van der Waals surface area contributed by atoms with E-state index in [-0.39, 0.29) is 6.04 Å². The Kier molecular flexibility index (Phi) is 3.12. The van der Waals surface area contributed by atoms with Gasteiger partial charge >= 0.3 is 0 Å². The van der Waals surface area contributed by atoms with Crippen LogP contribution in [-0.4, -0.2) is 9.97 Å². The van der Waals surface area contributed by atoms with Crippen molar-refractivity contribution >= 4 is 28.3 Å². The summed E-state index contributed by atoms with van der Waals surface area (Å²) < 4.78 is 0. The lowest BCUT2D eigenvalue weighted by atomic mass is 9.96. The number of fused-ring (bicyclic) bond motifs is 2. The van der Waals surface area contributed by atoms with Crippen LogP contribution in [0, 0.1) is 6.92 Å². The molecule has 0 radical (unpaired) electrons. The van der Waals surface area contributed by atoms with Gasteiger partial charge in [-0.05, 0) is 41.8 Å². The average molecular weight is 346 g/mol. The number of halogens is 1. The predicted octanol–water partition coefficient (Wildman–Crippen LogP) is 5.71. The van der Waals surface area contributed by atoms with Crippen LogP contribution < -0.4 is 5.32 Å². The van der Waals surface area contributed by atoms with Crippen molar-refractivity contribution in [1.82, 2.24) is 9.97 Å². The van der Waals surface area contributed by atoms with Crippen LogP contribution in [0.5, 0.6) is 0 Å². The van der Waals surface area contributed by atoms with Crippen molar-refractivity contribution in [1.29, 1.82) is 0 Å². The average Bonchev–Trinajstić information content (AvgIpc) is 3.00. The summed E-state index contributed by atoms with van der Waals surface area (Å²) in [6.45, 7) is 2.02. The Hall–Kier alpha value is -2.78. The Bertz CT molecular complexity index is 1110. The lowest BCUT2D eigenvalue weighted by molar-refractivity contribution is 0.952. The molecule has 2 N–H and O–H groups in total. The van der Waals surface area contributed by atoms with E-state index in [0.717, 1.165) is 27.5 Å². The van der Waals surface area contributed by atoms with Gasteiger partial charge < -0.3 is 10.3 Å². The molecule has 4 aromatic rings. The summed E-state index contributed by atoms with van der Waals surface area (Å²) in [4.78, 5) is 7.83. The molecule has 0 amide bonds. The SMILES string of the molecule is Cc1ccc(C2Nc3ccccc3-c3ccnc4[nH]cc2c34)cc1Cl. The van der Waals surface area contributed by atoms with Crippen LogP contribution in [0.2, 0.25) is 5.02 Å². The molecule has 1 unspecified atom stereocenters. The number of H-pyrrole nitrogens is 1. The van der Waals surface area contributed by atoms with Crippen molar-refractivity contribution in [2.24, 2.45) is 0 Å². The second-order valence-corrected chi connectivity index (χ2v) is 6.86. The van der Waals surface area contributed by atoms with Gasteiger partial charge in [0.15, 0.2) is 0 Å². The highest BCUT2D eigenvalue weighted by Crippen LogP contribution is 2.43. The first-order valence-electron chi connectivity index (χ1n) is 8.30. The molecule has 25 heavy (non-hydrogen) atoms. The third-order valence-electron chi connectivity index (χ3n) is 4.96. The standard InChI is InChI=1S/C21H16ClN3/c1-12-6-7-13(10-17(12)22)20-16-11-24-21-19(16)15(8-9-23-21)14-4-2-3-5-18(14)25-20/h2-11,20,25H,1H3,(H,23,24). The van der Waals surface area contributed by atoms with Gasteiger partial charge in [0, 0.05) is 39.6 Å². The minimum absolute atomic E-state index is 0.0125. The molecule has 122 valence electrons. The molecule has 5 rings (SSSR count). The molecule has 0 saturated heterocycles. The van der Waals surface area contributed by atoms with E-state index >= 15 is 0 Å². The Morgan fingerprint density at radius 1 is 1.04 bits per heavy atom. The Morgan fingerprint density at radius 2 is 1.92 bits per heavy atom. The molecular weight excluding hydrogens is 330 g/mol. The zero-order valence-electron chi connectivity index (χ0n) is 13.7. The molecule has 3 nitrogen and oxygen atoms in total. The van der Waals surface area contributed by atoms with E-state index in [1.807, 2.05) is 13.1 Å². The molecule has 0 saturated carbocycles. The van der Waals surface area contributed by atoms with Gasteiger partial charge in [0.2, 0.25) is 0 Å². The van der Waals surface area contributed by atoms with Crippen molar-refractivity contribution in [2.45, 2.75) is 13.0 Å². The number of rotatable bonds is 1. The highest BCUT2D eigenvalue weighted by molar-refractivity contribution is 6.31. The number of aromatic amines is 1. The Balaban J connectivity index is 1.83. The van der Waals surface area contributed by atoms with Crippen LogP contribution in [0.4, 0.5) is 5.69 Å². The number of nitrogens with one attached hydrogen (secondary N) is 2. The number of nitrogens with zero attached hydrogens (tertiary/aromatic N) is 1. The number of pyridine rings is 1. The van der Waals surface area contributed by atoms with E-state index in [4.69, 9.17) is 11.6 Å². The van der Waals surface area contributed by atoms with Crippen LogP contribution in [0.3, 0.4) is 0 Å². The number of hydrogen-bond donors (Lipinski definition) is 2. The van der Waals surface area contributed by atoms with Gasteiger partial charge in [-0.2, -0.15) is 0 Å². The molecule has 0 fully saturated rings. The zero-order valence-corrected chi connectivity index (χ0v) is 14.4. The minimum atomic E-state index is 0.0125. The van der Waals surface area contributed by atoms with Crippen molar-refractivity contribution in [3.05, 3.63) is 82.6 Å². The third kappa shape index (κ3) is 2.16. The molecule has 1 aliphatic rings. The number of hydrogen-bond acceptors (Lipinski definition) is 2. The molecule has 0 aliphatic carbocycles. The smallest absolute Gasteiger partial charge is 0.138 e. The second-order valence-electron chi connectivity index (χ2n) is 6.46. The van der Waals surface area contributed by atoms with Crippen molar-refractivity contribution in [2.75, 3.05) is 5.32 Å². The van der Waals surface area contributed by atoms with Crippen LogP contribution in [0.25, 0.3) is 22.2 Å². The van der Waals surface area contributed by atoms with Crippen LogP contribution in [0.1, 0.15) is 22.7 Å². The van der Waals surface area contributed by atoms with E-state index < -0.39 is 0 Å². The summed E-state index contributed by atoms with van der Waals surface area (Å²) in [6.07, 6.45) is 3.91. The van der Waals surface area contributed by atoms with Crippen molar-refractivity contribution < 1.29 is 0 Å². The minimum Gasteiger partial charge on any atom is -0.374 e. The summed E-state index contributed by atoms with van der Waals surface area (Å²) in [7, 11) is 0. The molecule has 0 bridgehead atoms. The zero-order chi connectivity index (χ0) is 17.0. The summed E-state index contributed by atoms with van der Waals surface area (Å²) in [6, 6.07) is 16.8. The topological polar surface area (TPSA) is 40.7 Å². The number of benzene rings is 2. The fourth-order valence-electron chi connectivity index (χ4n) is 3.66. The molecule has 3 heterocycles. The first-order chi connectivity index (χ1) is 12.2. The fourth-order valence-corrected chi connectivity index (χ4v) is 3.85. The predicted molar refractivity (Wildman–Crippen MR) is 103 cm³/mol. The number of anilines is 1. The molecule has 4 heteroatoms. The van der Waals surface area contributed by atoms with Crippen LogP contribution >= 0.6 is 11.6 Å². The quantitative estimate of drug-likeness (QED) is 0.464. The largest absolute Gasteiger partial charge is 0.374 e. The summed E-state index contributed by atoms with van der Waals surface area (Å²) in [5, 5.41) is 5.66. The molecular formula is C21H16ClN3. The fraction of sp³-hybridized carbons (Fsp3) is 0.0952. The van der Waals surface area contributed by atoms with Gasteiger partial charge in [0.1, 0.15) is 5.65 Å². The number of para-hydroxylation sites is 1. The maximum Gasteiger partial charge on any atom is 0.138 e. The normalized spacial score (nSPS) is 15.5. The lowest BCUT2D eigenvalue weighted by Gasteiger charge is -2.20. The second kappa shape index (κ2) is 5.36. The first-order valence-corrected chi connectivity index (χ1v) is 8.68. The summed E-state index contributed by atoms with van der Waals surface area (Å²) in [5.41, 5.74) is 7.83. The van der Waals surface area contributed by atoms with Gasteiger partial charge in [-0.1, -0.05) is 41.9 Å². The maximum absolute atomic E-state index is 6.40. The van der Waals surface area contributed by atoms with Crippen molar-refractivity contribution in [3.63, 3.8) is 0 Å². The highest BCUT2D eigenvalue weighted by Gasteiger charge is 2.26. The molecule has 1 atom stereocenters. The van der Waals surface area contributed by atoms with Crippen LogP contribution in [-0.2, 0) is 0 Å². The van der Waals surface area contributed by atoms with Gasteiger partial charge in [0.05, 0.1) is 6.04 Å². The first kappa shape index (κ1) is 14.6. The maximum atomic E-state index is 6.40. The van der Waals surface area contributed by atoms with Gasteiger partial charge in [-0.3, -0.25) is 0 Å². The van der Waals surface area contributed by atoms with Gasteiger partial charge in [-0.15, -0.1) is 0 Å². The van der Waals surface area contributed by atoms with E-state index in [2.05, 4.69) is 70.0 Å². The molecule has 2 aromatic carbocycles. The van der Waals surface area contributed by atoms with E-state index in [0.29, 0.717) is 0 Å². The monoisotopic (exact) mass is 345 g/mol. The number of aromatic nitrogens is 2.